The Kier molecular flexibility index (Phi) is 8.42. The van der Waals surface area contributed by atoms with Crippen molar-refractivity contribution in [3.05, 3.63) is 83.5 Å². The topological polar surface area (TPSA) is 60.7 Å². The average Bonchev–Trinajstić information content (AvgIpc) is 2.90. The van der Waals surface area contributed by atoms with Crippen LogP contribution < -0.4 is 9.47 Å². The highest BCUT2D eigenvalue weighted by Gasteiger charge is 2.52. The molecular weight excluding hydrogens is 462 g/mol. The number of hydrogen-bond acceptors (Lipinski definition) is 5. The molecular formula is C32H39NO4. The molecule has 0 heterocycles. The van der Waals surface area contributed by atoms with Crippen LogP contribution >= 0.6 is 0 Å². The monoisotopic (exact) mass is 501 g/mol. The summed E-state index contributed by atoms with van der Waals surface area (Å²) in [5.41, 5.74) is 3.77. The van der Waals surface area contributed by atoms with Gasteiger partial charge in [0, 0.05) is 5.92 Å². The Hall–Kier alpha value is -3.07. The van der Waals surface area contributed by atoms with Crippen molar-refractivity contribution in [3.8, 4) is 17.6 Å². The van der Waals surface area contributed by atoms with Crippen molar-refractivity contribution in [2.45, 2.75) is 59.0 Å². The van der Waals surface area contributed by atoms with Crippen molar-refractivity contribution < 1.29 is 18.9 Å². The summed E-state index contributed by atoms with van der Waals surface area (Å²) in [7, 11) is 3.33. The van der Waals surface area contributed by atoms with Crippen LogP contribution in [-0.4, -0.2) is 26.4 Å². The summed E-state index contributed by atoms with van der Waals surface area (Å²) < 4.78 is 23.7. The minimum Gasteiger partial charge on any atom is -0.497 e. The zero-order valence-electron chi connectivity index (χ0n) is 22.7. The van der Waals surface area contributed by atoms with Gasteiger partial charge >= 0.3 is 0 Å². The number of nitriles is 1. The minimum absolute atomic E-state index is 0.0927. The summed E-state index contributed by atoms with van der Waals surface area (Å²) in [6.45, 7) is 11.8. The van der Waals surface area contributed by atoms with E-state index in [0.717, 1.165) is 46.6 Å². The van der Waals surface area contributed by atoms with Crippen molar-refractivity contribution in [3.63, 3.8) is 0 Å². The van der Waals surface area contributed by atoms with Gasteiger partial charge in [0.05, 0.1) is 51.1 Å². The van der Waals surface area contributed by atoms with Gasteiger partial charge in [0.1, 0.15) is 11.5 Å². The predicted molar refractivity (Wildman–Crippen MR) is 145 cm³/mol. The minimum atomic E-state index is -0.546. The molecule has 0 unspecified atom stereocenters. The summed E-state index contributed by atoms with van der Waals surface area (Å²) in [4.78, 5) is 0. The second kappa shape index (κ2) is 11.5. The lowest BCUT2D eigenvalue weighted by molar-refractivity contribution is -0.0395. The average molecular weight is 502 g/mol. The molecule has 2 aliphatic rings. The first kappa shape index (κ1) is 27.0. The second-order valence-electron chi connectivity index (χ2n) is 10.8. The van der Waals surface area contributed by atoms with Gasteiger partial charge in [-0.25, -0.2) is 0 Å². The van der Waals surface area contributed by atoms with E-state index in [1.54, 1.807) is 14.2 Å². The molecule has 0 saturated heterocycles. The van der Waals surface area contributed by atoms with Gasteiger partial charge < -0.3 is 18.9 Å². The molecule has 5 nitrogen and oxygen atoms in total. The lowest BCUT2D eigenvalue weighted by atomic mass is 9.55. The number of hydrogen-bond donors (Lipinski definition) is 0. The Labute approximate surface area is 221 Å². The van der Waals surface area contributed by atoms with E-state index in [9.17, 15) is 5.26 Å². The molecule has 2 aromatic carbocycles. The van der Waals surface area contributed by atoms with Crippen LogP contribution in [0.4, 0.5) is 0 Å². The molecule has 0 N–H and O–H groups in total. The van der Waals surface area contributed by atoms with Crippen LogP contribution in [0.15, 0.2) is 72.3 Å². The van der Waals surface area contributed by atoms with Gasteiger partial charge in [0.15, 0.2) is 0 Å². The van der Waals surface area contributed by atoms with E-state index in [1.165, 1.54) is 0 Å². The van der Waals surface area contributed by atoms with Gasteiger partial charge in [0.25, 0.3) is 0 Å². The van der Waals surface area contributed by atoms with Crippen LogP contribution in [0.25, 0.3) is 0 Å². The first-order valence-corrected chi connectivity index (χ1v) is 13.1. The van der Waals surface area contributed by atoms with Gasteiger partial charge in [-0.3, -0.25) is 0 Å². The molecule has 1 fully saturated rings. The molecule has 0 radical (unpaired) electrons. The van der Waals surface area contributed by atoms with Crippen LogP contribution in [0.3, 0.4) is 0 Å². The smallest absolute Gasteiger partial charge is 0.118 e. The first-order valence-electron chi connectivity index (χ1n) is 13.1. The van der Waals surface area contributed by atoms with Crippen LogP contribution in [0.2, 0.25) is 0 Å². The zero-order valence-corrected chi connectivity index (χ0v) is 22.7. The fourth-order valence-electron chi connectivity index (χ4n) is 6.15. The Bertz CT molecular complexity index is 1150. The lowest BCUT2D eigenvalue weighted by Crippen LogP contribution is -2.49. The normalized spacial score (nSPS) is 29.0. The van der Waals surface area contributed by atoms with E-state index < -0.39 is 5.41 Å². The number of methoxy groups -OCH3 is 2. The van der Waals surface area contributed by atoms with E-state index in [-0.39, 0.29) is 24.0 Å². The van der Waals surface area contributed by atoms with E-state index in [0.29, 0.717) is 19.1 Å². The Morgan fingerprint density at radius 2 is 1.41 bits per heavy atom. The fourth-order valence-corrected chi connectivity index (χ4v) is 6.15. The van der Waals surface area contributed by atoms with Gasteiger partial charge in [-0.2, -0.15) is 5.26 Å². The summed E-state index contributed by atoms with van der Waals surface area (Å²) in [5, 5.41) is 10.5. The third-order valence-corrected chi connectivity index (χ3v) is 8.02. The molecule has 2 aromatic rings. The van der Waals surface area contributed by atoms with Crippen LogP contribution in [0, 0.1) is 34.5 Å². The van der Waals surface area contributed by atoms with Crippen molar-refractivity contribution in [2.75, 3.05) is 14.2 Å². The summed E-state index contributed by atoms with van der Waals surface area (Å²) >= 11 is 0. The Morgan fingerprint density at radius 1 is 0.892 bits per heavy atom. The molecule has 0 spiro atoms. The summed E-state index contributed by atoms with van der Waals surface area (Å²) in [6.07, 6.45) is 3.46. The zero-order chi connectivity index (χ0) is 26.6. The molecule has 4 rings (SSSR count). The molecule has 0 aromatic heterocycles. The van der Waals surface area contributed by atoms with Crippen LogP contribution in [0.5, 0.6) is 11.5 Å². The SMILES string of the molecule is C=C(C)[C@@H]1[C@@H](C)C[C@]2(C#N)C[C@@H](C)[C@H](OCc3ccc(OC)cc3)C=C2[C@@H]1OCc1ccc(OC)cc1. The van der Waals surface area contributed by atoms with Crippen molar-refractivity contribution in [1.29, 1.82) is 5.26 Å². The molecule has 1 saturated carbocycles. The molecule has 5 heteroatoms. The lowest BCUT2D eigenvalue weighted by Gasteiger charge is -2.51. The number of nitrogens with zero attached hydrogens (tertiary/aromatic N) is 1. The first-order chi connectivity index (χ1) is 17.8. The van der Waals surface area contributed by atoms with Crippen molar-refractivity contribution in [2.24, 2.45) is 23.2 Å². The largest absolute Gasteiger partial charge is 0.497 e. The maximum Gasteiger partial charge on any atom is 0.118 e. The maximum absolute atomic E-state index is 10.5. The number of rotatable bonds is 9. The predicted octanol–water partition coefficient (Wildman–Crippen LogP) is 6.88. The van der Waals surface area contributed by atoms with Gasteiger partial charge in [-0.15, -0.1) is 0 Å². The van der Waals surface area contributed by atoms with E-state index in [4.69, 9.17) is 18.9 Å². The number of fused-ring (bicyclic) bond motifs is 1. The summed E-state index contributed by atoms with van der Waals surface area (Å²) in [6, 6.07) is 18.6. The fraction of sp³-hybridized carbons (Fsp3) is 0.469. The Morgan fingerprint density at radius 3 is 1.89 bits per heavy atom. The molecule has 37 heavy (non-hydrogen) atoms. The molecule has 0 aliphatic heterocycles. The maximum atomic E-state index is 10.5. The third kappa shape index (κ3) is 5.76. The second-order valence-corrected chi connectivity index (χ2v) is 10.8. The van der Waals surface area contributed by atoms with Crippen LogP contribution in [-0.2, 0) is 22.7 Å². The molecule has 196 valence electrons. The molecule has 2 aliphatic carbocycles. The van der Waals surface area contributed by atoms with Crippen LogP contribution in [0.1, 0.15) is 44.7 Å². The molecule has 0 bridgehead atoms. The van der Waals surface area contributed by atoms with Gasteiger partial charge in [-0.1, -0.05) is 56.3 Å². The van der Waals surface area contributed by atoms with Crippen molar-refractivity contribution in [1.82, 2.24) is 0 Å². The van der Waals surface area contributed by atoms with E-state index in [1.807, 2.05) is 48.5 Å². The van der Waals surface area contributed by atoms with E-state index in [2.05, 4.69) is 39.5 Å². The third-order valence-electron chi connectivity index (χ3n) is 8.02. The number of ether oxygens (including phenoxy) is 4. The van der Waals surface area contributed by atoms with E-state index >= 15 is 0 Å². The molecule has 6 atom stereocenters. The molecule has 0 amide bonds. The van der Waals surface area contributed by atoms with Gasteiger partial charge in [0.2, 0.25) is 0 Å². The highest BCUT2D eigenvalue weighted by atomic mass is 16.5. The quantitative estimate of drug-likeness (QED) is 0.350. The highest BCUT2D eigenvalue weighted by molar-refractivity contribution is 5.37. The Balaban J connectivity index is 1.61. The van der Waals surface area contributed by atoms with Gasteiger partial charge in [-0.05, 0) is 72.6 Å². The number of benzene rings is 2. The summed E-state index contributed by atoms with van der Waals surface area (Å²) in [5.74, 6) is 2.30. The standard InChI is InChI=1S/C32H39NO4/c1-21(2)30-23(4)17-32(20-33)16-22(3)29(36-18-24-7-11-26(34-5)12-8-24)15-28(32)31(30)37-19-25-9-13-27(35-6)14-10-25/h7-15,22-23,29-31H,1,16-19H2,2-6H3/t22-,23+,29-,30-,31+,32+/m1/s1. The highest BCUT2D eigenvalue weighted by Crippen LogP contribution is 2.55. The van der Waals surface area contributed by atoms with Crippen molar-refractivity contribution >= 4 is 0 Å².